The van der Waals surface area contributed by atoms with Crippen molar-refractivity contribution in [3.8, 4) is 5.69 Å². The molecule has 2 aromatic carbocycles. The standard InChI is InChI=1S/C22H26N4O4S/c1-4-30-22(27)19-13-25-26(20-7-5-6-15(2)16(20)3)21(19)14-24-12-17-8-10-18(11-9-17)31(23,28)29/h5-11,13,24H,4,12,14H2,1-3H3,(H2,23,28,29). The van der Waals surface area contributed by atoms with Gasteiger partial charge in [0.25, 0.3) is 0 Å². The van der Waals surface area contributed by atoms with Gasteiger partial charge in [0.2, 0.25) is 10.0 Å². The van der Waals surface area contributed by atoms with Crippen LogP contribution in [0.3, 0.4) is 0 Å². The van der Waals surface area contributed by atoms with E-state index in [4.69, 9.17) is 9.88 Å². The highest BCUT2D eigenvalue weighted by Gasteiger charge is 2.20. The van der Waals surface area contributed by atoms with E-state index >= 15 is 0 Å². The molecule has 3 rings (SSSR count). The topological polar surface area (TPSA) is 116 Å². The molecule has 0 amide bonds. The predicted octanol–water partition coefficient (Wildman–Crippen LogP) is 2.60. The van der Waals surface area contributed by atoms with Crippen molar-refractivity contribution in [3.63, 3.8) is 0 Å². The highest BCUT2D eigenvalue weighted by molar-refractivity contribution is 7.89. The highest BCUT2D eigenvalue weighted by Crippen LogP contribution is 2.21. The molecule has 8 nitrogen and oxygen atoms in total. The fraction of sp³-hybridized carbons (Fsp3) is 0.273. The number of nitrogens with two attached hydrogens (primary N) is 1. The second-order valence-corrected chi connectivity index (χ2v) is 8.71. The molecule has 0 unspecified atom stereocenters. The lowest BCUT2D eigenvalue weighted by Crippen LogP contribution is -2.19. The lowest BCUT2D eigenvalue weighted by molar-refractivity contribution is 0.0525. The number of carbonyl (C=O) groups is 1. The molecule has 0 radical (unpaired) electrons. The third kappa shape index (κ3) is 5.19. The van der Waals surface area contributed by atoms with E-state index in [1.807, 2.05) is 32.0 Å². The summed E-state index contributed by atoms with van der Waals surface area (Å²) in [5, 5.41) is 12.9. The zero-order chi connectivity index (χ0) is 22.6. The number of carbonyl (C=O) groups excluding carboxylic acids is 1. The van der Waals surface area contributed by atoms with Crippen LogP contribution < -0.4 is 10.5 Å². The first-order valence-corrected chi connectivity index (χ1v) is 11.4. The van der Waals surface area contributed by atoms with Crippen LogP contribution in [0.25, 0.3) is 5.69 Å². The number of benzene rings is 2. The maximum atomic E-state index is 12.5. The predicted molar refractivity (Wildman–Crippen MR) is 117 cm³/mol. The SMILES string of the molecule is CCOC(=O)c1cnn(-c2cccc(C)c2C)c1CNCc1ccc(S(N)(=O)=O)cc1. The summed E-state index contributed by atoms with van der Waals surface area (Å²) in [6, 6.07) is 12.3. The van der Waals surface area contributed by atoms with Crippen LogP contribution in [-0.4, -0.2) is 30.8 Å². The van der Waals surface area contributed by atoms with Crippen LogP contribution >= 0.6 is 0 Å². The monoisotopic (exact) mass is 442 g/mol. The van der Waals surface area contributed by atoms with Gasteiger partial charge in [-0.1, -0.05) is 24.3 Å². The molecule has 0 aliphatic carbocycles. The molecule has 0 spiro atoms. The number of esters is 1. The van der Waals surface area contributed by atoms with E-state index in [-0.39, 0.29) is 11.5 Å². The lowest BCUT2D eigenvalue weighted by Gasteiger charge is -2.14. The van der Waals surface area contributed by atoms with Gasteiger partial charge in [-0.25, -0.2) is 23.0 Å². The van der Waals surface area contributed by atoms with Crippen molar-refractivity contribution in [3.05, 3.63) is 76.6 Å². The molecule has 1 aromatic heterocycles. The molecule has 164 valence electrons. The van der Waals surface area contributed by atoms with Crippen molar-refractivity contribution in [2.24, 2.45) is 5.14 Å². The molecule has 9 heteroatoms. The first-order valence-electron chi connectivity index (χ1n) is 9.85. The van der Waals surface area contributed by atoms with E-state index in [0.29, 0.717) is 24.3 Å². The van der Waals surface area contributed by atoms with Crippen molar-refractivity contribution in [2.75, 3.05) is 6.61 Å². The van der Waals surface area contributed by atoms with Crippen LogP contribution in [0, 0.1) is 13.8 Å². The van der Waals surface area contributed by atoms with Gasteiger partial charge in [-0.2, -0.15) is 5.10 Å². The van der Waals surface area contributed by atoms with Crippen molar-refractivity contribution in [1.82, 2.24) is 15.1 Å². The second-order valence-electron chi connectivity index (χ2n) is 7.15. The van der Waals surface area contributed by atoms with Gasteiger partial charge in [0.1, 0.15) is 5.56 Å². The second kappa shape index (κ2) is 9.42. The Labute approximate surface area is 182 Å². The summed E-state index contributed by atoms with van der Waals surface area (Å²) in [6.07, 6.45) is 1.53. The maximum absolute atomic E-state index is 12.5. The van der Waals surface area contributed by atoms with E-state index in [1.54, 1.807) is 23.7 Å². The molecule has 0 saturated carbocycles. The molecule has 0 bridgehead atoms. The third-order valence-corrected chi connectivity index (χ3v) is 5.97. The molecular weight excluding hydrogens is 416 g/mol. The van der Waals surface area contributed by atoms with Gasteiger partial charge < -0.3 is 10.1 Å². The van der Waals surface area contributed by atoms with Crippen molar-refractivity contribution in [2.45, 2.75) is 38.8 Å². The Kier molecular flexibility index (Phi) is 6.89. The largest absolute Gasteiger partial charge is 0.462 e. The molecule has 3 aromatic rings. The van der Waals surface area contributed by atoms with Gasteiger partial charge >= 0.3 is 5.97 Å². The quantitative estimate of drug-likeness (QED) is 0.518. The molecule has 0 aliphatic heterocycles. The summed E-state index contributed by atoms with van der Waals surface area (Å²) in [6.45, 7) is 6.90. The van der Waals surface area contributed by atoms with Crippen LogP contribution in [-0.2, 0) is 27.8 Å². The summed E-state index contributed by atoms with van der Waals surface area (Å²) in [4.78, 5) is 12.5. The van der Waals surface area contributed by atoms with Gasteiger partial charge in [-0.05, 0) is 55.7 Å². The van der Waals surface area contributed by atoms with Gasteiger partial charge in [-0.15, -0.1) is 0 Å². The normalized spacial score (nSPS) is 11.5. The number of ether oxygens (including phenoxy) is 1. The average Bonchev–Trinajstić information content (AvgIpc) is 3.14. The number of primary sulfonamides is 1. The molecule has 0 aliphatic rings. The Hall–Kier alpha value is -3.01. The maximum Gasteiger partial charge on any atom is 0.341 e. The highest BCUT2D eigenvalue weighted by atomic mass is 32.2. The number of sulfonamides is 1. The Bertz CT molecular complexity index is 1180. The van der Waals surface area contributed by atoms with Gasteiger partial charge in [0.15, 0.2) is 0 Å². The summed E-state index contributed by atoms with van der Waals surface area (Å²) in [5.41, 5.74) is 5.06. The van der Waals surface area contributed by atoms with Crippen molar-refractivity contribution >= 4 is 16.0 Å². The van der Waals surface area contributed by atoms with E-state index in [0.717, 1.165) is 22.4 Å². The first-order chi connectivity index (χ1) is 14.7. The number of aromatic nitrogens is 2. The summed E-state index contributed by atoms with van der Waals surface area (Å²) < 4.78 is 29.7. The molecule has 0 atom stereocenters. The lowest BCUT2D eigenvalue weighted by atomic mass is 10.1. The fourth-order valence-corrected chi connectivity index (χ4v) is 3.73. The minimum absolute atomic E-state index is 0.0637. The molecule has 31 heavy (non-hydrogen) atoms. The number of rotatable bonds is 8. The molecule has 0 fully saturated rings. The van der Waals surface area contributed by atoms with Crippen molar-refractivity contribution < 1.29 is 17.9 Å². The van der Waals surface area contributed by atoms with Crippen LogP contribution in [0.5, 0.6) is 0 Å². The zero-order valence-electron chi connectivity index (χ0n) is 17.8. The minimum atomic E-state index is -3.72. The molecule has 1 heterocycles. The average molecular weight is 443 g/mol. The van der Waals surface area contributed by atoms with Crippen LogP contribution in [0.4, 0.5) is 0 Å². The van der Waals surface area contributed by atoms with Gasteiger partial charge in [-0.3, -0.25) is 0 Å². The number of hydrogen-bond donors (Lipinski definition) is 2. The van der Waals surface area contributed by atoms with Gasteiger partial charge in [0.05, 0.1) is 29.1 Å². The zero-order valence-corrected chi connectivity index (χ0v) is 18.6. The van der Waals surface area contributed by atoms with E-state index in [1.165, 1.54) is 18.3 Å². The summed E-state index contributed by atoms with van der Waals surface area (Å²) >= 11 is 0. The molecular formula is C22H26N4O4S. The Morgan fingerprint density at radius 1 is 1.13 bits per heavy atom. The number of aryl methyl sites for hydroxylation is 1. The van der Waals surface area contributed by atoms with E-state index < -0.39 is 16.0 Å². The van der Waals surface area contributed by atoms with E-state index in [9.17, 15) is 13.2 Å². The minimum Gasteiger partial charge on any atom is -0.462 e. The van der Waals surface area contributed by atoms with Crippen molar-refractivity contribution in [1.29, 1.82) is 0 Å². The summed E-state index contributed by atoms with van der Waals surface area (Å²) in [5.74, 6) is -0.423. The number of nitrogens with one attached hydrogen (secondary N) is 1. The Balaban J connectivity index is 1.85. The fourth-order valence-electron chi connectivity index (χ4n) is 3.22. The number of hydrogen-bond acceptors (Lipinski definition) is 6. The van der Waals surface area contributed by atoms with Gasteiger partial charge in [0, 0.05) is 13.1 Å². The number of nitrogens with zero attached hydrogens (tertiary/aromatic N) is 2. The smallest absolute Gasteiger partial charge is 0.341 e. The third-order valence-electron chi connectivity index (χ3n) is 5.04. The summed E-state index contributed by atoms with van der Waals surface area (Å²) in [7, 11) is -3.72. The van der Waals surface area contributed by atoms with Crippen LogP contribution in [0.15, 0.2) is 53.6 Å². The first kappa shape index (κ1) is 22.7. The van der Waals surface area contributed by atoms with Crippen LogP contribution in [0.1, 0.15) is 39.7 Å². The molecule has 3 N–H and O–H groups in total. The van der Waals surface area contributed by atoms with E-state index in [2.05, 4.69) is 10.4 Å². The molecule has 0 saturated heterocycles. The van der Waals surface area contributed by atoms with Crippen LogP contribution in [0.2, 0.25) is 0 Å². The Morgan fingerprint density at radius 3 is 2.48 bits per heavy atom. The Morgan fingerprint density at radius 2 is 1.84 bits per heavy atom.